The minimum atomic E-state index is -3.30. The van der Waals surface area contributed by atoms with Gasteiger partial charge >= 0.3 is 6.01 Å². The van der Waals surface area contributed by atoms with Gasteiger partial charge in [-0.25, -0.2) is 8.42 Å². The summed E-state index contributed by atoms with van der Waals surface area (Å²) in [5.74, 6) is 0.501. The van der Waals surface area contributed by atoms with Crippen LogP contribution < -0.4 is 20.7 Å². The third-order valence-electron chi connectivity index (χ3n) is 5.84. The zero-order chi connectivity index (χ0) is 23.6. The van der Waals surface area contributed by atoms with Crippen molar-refractivity contribution in [1.82, 2.24) is 14.3 Å². The van der Waals surface area contributed by atoms with Crippen LogP contribution in [0.25, 0.3) is 0 Å². The first kappa shape index (κ1) is 23.0. The highest BCUT2D eigenvalue weighted by Gasteiger charge is 2.26. The Morgan fingerprint density at radius 2 is 1.97 bits per heavy atom. The smallest absolute Gasteiger partial charge is 0.320 e. The topological polar surface area (TPSA) is 131 Å². The molecule has 0 saturated heterocycles. The van der Waals surface area contributed by atoms with Gasteiger partial charge < -0.3 is 15.8 Å². The van der Waals surface area contributed by atoms with Gasteiger partial charge in [0.15, 0.2) is 11.6 Å². The van der Waals surface area contributed by atoms with E-state index in [1.54, 1.807) is 7.05 Å². The largest absolute Gasteiger partial charge is 0.463 e. The fourth-order valence-electron chi connectivity index (χ4n) is 4.26. The number of benzene rings is 1. The first-order chi connectivity index (χ1) is 15.8. The normalized spacial score (nSPS) is 17.9. The van der Waals surface area contributed by atoms with Crippen molar-refractivity contribution < 1.29 is 17.9 Å². The van der Waals surface area contributed by atoms with Crippen molar-refractivity contribution >= 4 is 33.8 Å². The molecule has 0 radical (unpaired) electrons. The van der Waals surface area contributed by atoms with Gasteiger partial charge in [0.1, 0.15) is 5.69 Å². The van der Waals surface area contributed by atoms with Gasteiger partial charge in [0, 0.05) is 20.1 Å². The molecule has 0 atom stereocenters. The number of amides is 1. The Labute approximate surface area is 193 Å². The molecule has 3 heterocycles. The summed E-state index contributed by atoms with van der Waals surface area (Å²) in [6.07, 6.45) is 8.08. The second kappa shape index (κ2) is 9.36. The first-order valence-electron chi connectivity index (χ1n) is 10.7. The maximum absolute atomic E-state index is 12.1. The maximum Gasteiger partial charge on any atom is 0.320 e. The quantitative estimate of drug-likeness (QED) is 0.507. The van der Waals surface area contributed by atoms with Crippen molar-refractivity contribution in [2.24, 2.45) is 0 Å². The summed E-state index contributed by atoms with van der Waals surface area (Å²) in [4.78, 5) is 22.2. The number of nitrogen functional groups attached to an aromatic ring is 1. The molecule has 2 aliphatic heterocycles. The number of carbonyl (C=O) groups excluding carboxylic acids is 1. The van der Waals surface area contributed by atoms with E-state index in [9.17, 15) is 13.2 Å². The highest BCUT2D eigenvalue weighted by Crippen LogP contribution is 2.32. The van der Waals surface area contributed by atoms with Gasteiger partial charge in [-0.2, -0.15) is 14.3 Å². The lowest BCUT2D eigenvalue weighted by Crippen LogP contribution is -2.35. The van der Waals surface area contributed by atoms with E-state index in [1.165, 1.54) is 21.0 Å². The zero-order valence-corrected chi connectivity index (χ0v) is 19.6. The van der Waals surface area contributed by atoms with Crippen LogP contribution in [-0.4, -0.2) is 55.6 Å². The Morgan fingerprint density at radius 1 is 1.18 bits per heavy atom. The third-order valence-corrected chi connectivity index (χ3v) is 7.09. The van der Waals surface area contributed by atoms with Gasteiger partial charge in [0.05, 0.1) is 19.4 Å². The second-order valence-electron chi connectivity index (χ2n) is 8.13. The number of carbonyl (C=O) groups is 1. The lowest BCUT2D eigenvalue weighted by atomic mass is 9.91. The van der Waals surface area contributed by atoms with E-state index in [2.05, 4.69) is 27.4 Å². The Hall–Kier alpha value is -3.18. The standard InChI is InChI=1S/C22H28N6O4S/c1-24-19-20(23)25-22-26-21(19)27(14-29)12-15-10-16(6-4-3-5-9-32-22)18-7-8-28(33(2,30)31)13-17(18)11-15/h3-4,10-11,14,24H,5-9,12-13H2,1-2H3,(H2,23,25,26)/b4-3-. The number of nitrogens with two attached hydrogens (primary N) is 1. The molecule has 0 spiro atoms. The van der Waals surface area contributed by atoms with Crippen molar-refractivity contribution in [1.29, 1.82) is 0 Å². The van der Waals surface area contributed by atoms with Crippen LogP contribution in [0.3, 0.4) is 0 Å². The minimum Gasteiger partial charge on any atom is -0.463 e. The second-order valence-corrected chi connectivity index (χ2v) is 10.1. The number of rotatable bonds is 3. The molecule has 0 saturated carbocycles. The summed E-state index contributed by atoms with van der Waals surface area (Å²) in [5, 5.41) is 2.96. The number of ether oxygens (including phenoxy) is 1. The lowest BCUT2D eigenvalue weighted by Gasteiger charge is -2.29. The van der Waals surface area contributed by atoms with E-state index in [-0.39, 0.29) is 18.4 Å². The number of nitrogens with one attached hydrogen (secondary N) is 1. The number of aromatic nitrogens is 2. The van der Waals surface area contributed by atoms with Crippen molar-refractivity contribution in [3.8, 4) is 6.01 Å². The molecule has 11 heteroatoms. The average Bonchev–Trinajstić information content (AvgIpc) is 2.77. The van der Waals surface area contributed by atoms with E-state index >= 15 is 0 Å². The first-order valence-corrected chi connectivity index (χ1v) is 12.6. The molecule has 0 fully saturated rings. The van der Waals surface area contributed by atoms with E-state index in [1.807, 2.05) is 12.1 Å². The molecule has 10 nitrogen and oxygen atoms in total. The van der Waals surface area contributed by atoms with Gasteiger partial charge in [-0.3, -0.25) is 9.69 Å². The highest BCUT2D eigenvalue weighted by molar-refractivity contribution is 7.88. The fourth-order valence-corrected chi connectivity index (χ4v) is 5.05. The van der Waals surface area contributed by atoms with Crippen LogP contribution in [0.4, 0.5) is 17.3 Å². The molecule has 176 valence electrons. The van der Waals surface area contributed by atoms with Crippen molar-refractivity contribution in [2.45, 2.75) is 32.4 Å². The minimum absolute atomic E-state index is 0.105. The number of fused-ring (bicyclic) bond motifs is 6. The van der Waals surface area contributed by atoms with E-state index < -0.39 is 10.0 Å². The number of hydrogen-bond acceptors (Lipinski definition) is 8. The van der Waals surface area contributed by atoms with Gasteiger partial charge in [0.2, 0.25) is 16.4 Å². The number of hydrogen-bond donors (Lipinski definition) is 2. The molecule has 0 unspecified atom stereocenters. The van der Waals surface area contributed by atoms with Crippen LogP contribution in [0.2, 0.25) is 0 Å². The summed E-state index contributed by atoms with van der Waals surface area (Å²) >= 11 is 0. The Kier molecular flexibility index (Phi) is 6.52. The number of allylic oxidation sites excluding steroid dienone is 1. The molecule has 3 N–H and O–H groups in total. The van der Waals surface area contributed by atoms with Crippen LogP contribution >= 0.6 is 0 Å². The van der Waals surface area contributed by atoms with Crippen LogP contribution in [0.15, 0.2) is 24.3 Å². The van der Waals surface area contributed by atoms with Crippen molar-refractivity contribution in [3.63, 3.8) is 0 Å². The summed E-state index contributed by atoms with van der Waals surface area (Å²) < 4.78 is 31.4. The van der Waals surface area contributed by atoms with Gasteiger partial charge in [0.25, 0.3) is 0 Å². The molecule has 33 heavy (non-hydrogen) atoms. The summed E-state index contributed by atoms with van der Waals surface area (Å²) in [5.41, 5.74) is 10.7. The summed E-state index contributed by atoms with van der Waals surface area (Å²) in [7, 11) is -1.61. The average molecular weight is 473 g/mol. The fraction of sp³-hybridized carbons (Fsp3) is 0.409. The maximum atomic E-state index is 12.1. The van der Waals surface area contributed by atoms with Gasteiger partial charge in [-0.1, -0.05) is 24.3 Å². The van der Waals surface area contributed by atoms with Gasteiger partial charge in [-0.05, 0) is 41.5 Å². The molecule has 4 bridgehead atoms. The van der Waals surface area contributed by atoms with Crippen LogP contribution in [0.5, 0.6) is 6.01 Å². The monoisotopic (exact) mass is 472 g/mol. The van der Waals surface area contributed by atoms with Crippen LogP contribution in [-0.2, 0) is 40.7 Å². The molecule has 2 aromatic rings. The summed E-state index contributed by atoms with van der Waals surface area (Å²) in [6.45, 7) is 1.39. The molecule has 1 aromatic carbocycles. The van der Waals surface area contributed by atoms with Crippen molar-refractivity contribution in [3.05, 3.63) is 46.5 Å². The molecule has 0 aliphatic carbocycles. The zero-order valence-electron chi connectivity index (χ0n) is 18.7. The van der Waals surface area contributed by atoms with Crippen LogP contribution in [0, 0.1) is 0 Å². The Balaban J connectivity index is 1.80. The lowest BCUT2D eigenvalue weighted by molar-refractivity contribution is -0.107. The molecule has 1 amide bonds. The molecule has 1 aromatic heterocycles. The SMILES string of the molecule is CNc1c(N)nc2nc1N(C=O)Cc1cc(c3c(c1)CN(S(C)(=O)=O)CC3)C/C=C\CCO2. The predicted molar refractivity (Wildman–Crippen MR) is 127 cm³/mol. The molecular formula is C22H28N6O4S. The van der Waals surface area contributed by atoms with Gasteiger partial charge in [-0.15, -0.1) is 0 Å². The van der Waals surface area contributed by atoms with E-state index in [4.69, 9.17) is 10.5 Å². The van der Waals surface area contributed by atoms with Crippen LogP contribution in [0.1, 0.15) is 28.7 Å². The summed E-state index contributed by atoms with van der Waals surface area (Å²) in [6, 6.07) is 4.17. The predicted octanol–water partition coefficient (Wildman–Crippen LogP) is 1.46. The number of nitrogens with zero attached hydrogens (tertiary/aromatic N) is 4. The number of anilines is 3. The Morgan fingerprint density at radius 3 is 2.70 bits per heavy atom. The molecule has 2 aliphatic rings. The van der Waals surface area contributed by atoms with E-state index in [0.29, 0.717) is 56.9 Å². The third kappa shape index (κ3) is 4.93. The number of sulfonamides is 1. The van der Waals surface area contributed by atoms with E-state index in [0.717, 1.165) is 16.7 Å². The molecule has 4 rings (SSSR count). The molecular weight excluding hydrogens is 444 g/mol. The Bertz CT molecular complexity index is 1200. The van der Waals surface area contributed by atoms with Crippen molar-refractivity contribution in [2.75, 3.05) is 42.4 Å². The highest BCUT2D eigenvalue weighted by atomic mass is 32.2.